The quantitative estimate of drug-likeness (QED) is 0.759. The average molecular weight is 208 g/mol. The Morgan fingerprint density at radius 1 is 1.50 bits per heavy atom. The van der Waals surface area contributed by atoms with Crippen LogP contribution in [0, 0.1) is 6.92 Å². The minimum Gasteiger partial charge on any atom is -0.319 e. The van der Waals surface area contributed by atoms with Gasteiger partial charge in [0, 0.05) is 5.38 Å². The zero-order chi connectivity index (χ0) is 9.97. The summed E-state index contributed by atoms with van der Waals surface area (Å²) in [5, 5.41) is 3.18. The second kappa shape index (κ2) is 4.24. The summed E-state index contributed by atoms with van der Waals surface area (Å²) < 4.78 is 0. The number of hydrogen-bond acceptors (Lipinski definition) is 3. The molecule has 0 bridgehead atoms. The fourth-order valence-corrected chi connectivity index (χ4v) is 2.51. The van der Waals surface area contributed by atoms with Crippen molar-refractivity contribution in [1.82, 2.24) is 4.98 Å². The summed E-state index contributed by atoms with van der Waals surface area (Å²) in [6.45, 7) is 2.02. The molecular formula is C11H16N2S. The maximum absolute atomic E-state index is 6.16. The van der Waals surface area contributed by atoms with E-state index in [1.165, 1.54) is 24.8 Å². The van der Waals surface area contributed by atoms with Crippen LogP contribution in [0.2, 0.25) is 0 Å². The van der Waals surface area contributed by atoms with Gasteiger partial charge in [-0.1, -0.05) is 11.6 Å². The first kappa shape index (κ1) is 9.87. The maximum Gasteiger partial charge on any atom is 0.0898 e. The molecule has 1 atom stereocenters. The molecule has 1 aliphatic carbocycles. The van der Waals surface area contributed by atoms with Gasteiger partial charge in [0.1, 0.15) is 0 Å². The summed E-state index contributed by atoms with van der Waals surface area (Å²) in [5.74, 6) is 0. The number of nitrogens with two attached hydrogens (primary N) is 1. The molecule has 0 aromatic carbocycles. The molecule has 0 fully saturated rings. The van der Waals surface area contributed by atoms with Crippen molar-refractivity contribution >= 4 is 11.3 Å². The van der Waals surface area contributed by atoms with Crippen molar-refractivity contribution in [3.05, 3.63) is 27.7 Å². The van der Waals surface area contributed by atoms with E-state index in [0.717, 1.165) is 17.1 Å². The van der Waals surface area contributed by atoms with Gasteiger partial charge in [0.25, 0.3) is 0 Å². The summed E-state index contributed by atoms with van der Waals surface area (Å²) in [7, 11) is 0. The highest BCUT2D eigenvalue weighted by molar-refractivity contribution is 7.09. The van der Waals surface area contributed by atoms with Crippen molar-refractivity contribution in [3.63, 3.8) is 0 Å². The molecule has 0 saturated heterocycles. The van der Waals surface area contributed by atoms with E-state index in [1.54, 1.807) is 11.3 Å². The first-order valence-electron chi connectivity index (χ1n) is 5.14. The maximum atomic E-state index is 6.16. The molecule has 1 heterocycles. The van der Waals surface area contributed by atoms with E-state index in [1.807, 2.05) is 6.92 Å². The van der Waals surface area contributed by atoms with Crippen LogP contribution in [-0.2, 0) is 0 Å². The Morgan fingerprint density at radius 3 is 2.93 bits per heavy atom. The third kappa shape index (κ3) is 2.04. The van der Waals surface area contributed by atoms with Gasteiger partial charge in [-0.3, -0.25) is 0 Å². The predicted octanol–water partition coefficient (Wildman–Crippen LogP) is 2.95. The van der Waals surface area contributed by atoms with Gasteiger partial charge in [-0.2, -0.15) is 0 Å². The fraction of sp³-hybridized carbons (Fsp3) is 0.545. The second-order valence-electron chi connectivity index (χ2n) is 3.79. The monoisotopic (exact) mass is 208 g/mol. The molecule has 14 heavy (non-hydrogen) atoms. The molecule has 1 aromatic heterocycles. The molecule has 76 valence electrons. The van der Waals surface area contributed by atoms with E-state index in [-0.39, 0.29) is 6.04 Å². The zero-order valence-corrected chi connectivity index (χ0v) is 9.31. The van der Waals surface area contributed by atoms with Crippen molar-refractivity contribution in [2.24, 2.45) is 5.73 Å². The molecule has 0 amide bonds. The van der Waals surface area contributed by atoms with Crippen LogP contribution < -0.4 is 5.73 Å². The molecular weight excluding hydrogens is 192 g/mol. The van der Waals surface area contributed by atoms with Crippen LogP contribution in [0.25, 0.3) is 0 Å². The van der Waals surface area contributed by atoms with Gasteiger partial charge in [0.05, 0.1) is 16.7 Å². The Morgan fingerprint density at radius 2 is 2.36 bits per heavy atom. The molecule has 0 saturated carbocycles. The lowest BCUT2D eigenvalue weighted by Crippen LogP contribution is -2.15. The minimum atomic E-state index is 0.0419. The highest BCUT2D eigenvalue weighted by Crippen LogP contribution is 2.28. The first-order valence-corrected chi connectivity index (χ1v) is 6.02. The highest BCUT2D eigenvalue weighted by Gasteiger charge is 2.15. The predicted molar refractivity (Wildman–Crippen MR) is 60.3 cm³/mol. The molecule has 2 rings (SSSR count). The Balaban J connectivity index is 2.14. The van der Waals surface area contributed by atoms with E-state index in [0.29, 0.717) is 0 Å². The van der Waals surface area contributed by atoms with Gasteiger partial charge >= 0.3 is 0 Å². The zero-order valence-electron chi connectivity index (χ0n) is 8.49. The van der Waals surface area contributed by atoms with Crippen molar-refractivity contribution in [2.75, 3.05) is 0 Å². The van der Waals surface area contributed by atoms with Gasteiger partial charge < -0.3 is 5.73 Å². The number of thiazole rings is 1. The smallest absolute Gasteiger partial charge is 0.0898 e. The van der Waals surface area contributed by atoms with Gasteiger partial charge in [-0.15, -0.1) is 11.3 Å². The highest BCUT2D eigenvalue weighted by atomic mass is 32.1. The Hall–Kier alpha value is -0.670. The van der Waals surface area contributed by atoms with Gasteiger partial charge in [-0.25, -0.2) is 4.98 Å². The summed E-state index contributed by atoms with van der Waals surface area (Å²) in [6, 6.07) is 0.0419. The number of aryl methyl sites for hydroxylation is 1. The van der Waals surface area contributed by atoms with Gasteiger partial charge in [0.2, 0.25) is 0 Å². The van der Waals surface area contributed by atoms with Crippen molar-refractivity contribution in [1.29, 1.82) is 0 Å². The molecule has 1 aromatic rings. The van der Waals surface area contributed by atoms with Crippen molar-refractivity contribution < 1.29 is 0 Å². The van der Waals surface area contributed by atoms with Crippen LogP contribution in [0.3, 0.4) is 0 Å². The number of nitrogens with zero attached hydrogens (tertiary/aromatic N) is 1. The third-order valence-corrected chi connectivity index (χ3v) is 3.47. The Labute approximate surface area is 88.9 Å². The normalized spacial score (nSPS) is 19.1. The fourth-order valence-electron chi connectivity index (χ4n) is 1.86. The van der Waals surface area contributed by atoms with Crippen molar-refractivity contribution in [3.8, 4) is 0 Å². The number of allylic oxidation sites excluding steroid dienone is 1. The summed E-state index contributed by atoms with van der Waals surface area (Å²) in [4.78, 5) is 4.44. The van der Waals surface area contributed by atoms with E-state index < -0.39 is 0 Å². The van der Waals surface area contributed by atoms with Crippen molar-refractivity contribution in [2.45, 2.75) is 38.6 Å². The van der Waals surface area contributed by atoms with Crippen LogP contribution in [0.1, 0.15) is 42.4 Å². The largest absolute Gasteiger partial charge is 0.319 e. The topological polar surface area (TPSA) is 38.9 Å². The number of hydrogen-bond donors (Lipinski definition) is 1. The van der Waals surface area contributed by atoms with E-state index in [2.05, 4.69) is 16.4 Å². The van der Waals surface area contributed by atoms with E-state index in [9.17, 15) is 0 Å². The first-order chi connectivity index (χ1) is 6.77. The van der Waals surface area contributed by atoms with Crippen LogP contribution in [0.15, 0.2) is 17.0 Å². The summed E-state index contributed by atoms with van der Waals surface area (Å²) >= 11 is 1.68. The van der Waals surface area contributed by atoms with Crippen LogP contribution in [-0.4, -0.2) is 4.98 Å². The standard InChI is InChI=1S/C11H16N2S/c1-8-13-10(7-14-8)11(12)9-5-3-2-4-6-9/h5,7,11H,2-4,6,12H2,1H3. The average Bonchev–Trinajstić information content (AvgIpc) is 2.65. The van der Waals surface area contributed by atoms with E-state index in [4.69, 9.17) is 5.73 Å². The molecule has 0 spiro atoms. The molecule has 0 aliphatic heterocycles. The lowest BCUT2D eigenvalue weighted by Gasteiger charge is -2.17. The number of aromatic nitrogens is 1. The van der Waals surface area contributed by atoms with Crippen LogP contribution in [0.5, 0.6) is 0 Å². The Bertz CT molecular complexity index is 341. The summed E-state index contributed by atoms with van der Waals surface area (Å²) in [6.07, 6.45) is 7.22. The van der Waals surface area contributed by atoms with Crippen LogP contribution >= 0.6 is 11.3 Å². The SMILES string of the molecule is Cc1nc(C(N)C2=CCCCC2)cs1. The molecule has 0 radical (unpaired) electrons. The molecule has 2 N–H and O–H groups in total. The summed E-state index contributed by atoms with van der Waals surface area (Å²) in [5.41, 5.74) is 8.58. The Kier molecular flexibility index (Phi) is 2.99. The minimum absolute atomic E-state index is 0.0419. The third-order valence-electron chi connectivity index (χ3n) is 2.68. The molecule has 3 heteroatoms. The second-order valence-corrected chi connectivity index (χ2v) is 4.86. The number of rotatable bonds is 2. The molecule has 2 nitrogen and oxygen atoms in total. The van der Waals surface area contributed by atoms with Gasteiger partial charge in [-0.05, 0) is 32.6 Å². The van der Waals surface area contributed by atoms with Crippen LogP contribution in [0.4, 0.5) is 0 Å². The molecule has 1 aliphatic rings. The lowest BCUT2D eigenvalue weighted by atomic mass is 9.93. The lowest BCUT2D eigenvalue weighted by molar-refractivity contribution is 0.642. The van der Waals surface area contributed by atoms with E-state index >= 15 is 0 Å². The molecule has 1 unspecified atom stereocenters. The van der Waals surface area contributed by atoms with Gasteiger partial charge in [0.15, 0.2) is 0 Å².